The molecule has 2 heterocycles. The van der Waals surface area contributed by atoms with Crippen molar-refractivity contribution in [3.8, 4) is 0 Å². The minimum Gasteiger partial charge on any atom is -0.503 e. The summed E-state index contributed by atoms with van der Waals surface area (Å²) in [5, 5.41) is 12.2. The van der Waals surface area contributed by atoms with E-state index in [1.807, 2.05) is 0 Å². The minimum absolute atomic E-state index is 0.0753. The molecule has 1 unspecified atom stereocenters. The number of halogens is 2. The molecule has 1 amide bonds. The van der Waals surface area contributed by atoms with E-state index in [-0.39, 0.29) is 11.3 Å². The highest BCUT2D eigenvalue weighted by molar-refractivity contribution is 7.10. The quantitative estimate of drug-likeness (QED) is 0.854. The summed E-state index contributed by atoms with van der Waals surface area (Å²) in [6.45, 7) is 5.02. The number of hydrogen-bond acceptors (Lipinski definition) is 4. The van der Waals surface area contributed by atoms with Crippen LogP contribution in [-0.4, -0.2) is 16.8 Å². The molecule has 1 aliphatic rings. The zero-order valence-electron chi connectivity index (χ0n) is 14.4. The fourth-order valence-corrected chi connectivity index (χ4v) is 3.71. The highest BCUT2D eigenvalue weighted by Gasteiger charge is 2.47. The van der Waals surface area contributed by atoms with Gasteiger partial charge >= 0.3 is 0 Å². The monoisotopic (exact) mass is 377 g/mol. The highest BCUT2D eigenvalue weighted by Crippen LogP contribution is 2.45. The third kappa shape index (κ3) is 2.92. The number of thiophene rings is 1. The van der Waals surface area contributed by atoms with E-state index in [0.717, 1.165) is 17.0 Å². The van der Waals surface area contributed by atoms with Gasteiger partial charge < -0.3 is 5.11 Å². The van der Waals surface area contributed by atoms with Crippen LogP contribution >= 0.6 is 11.3 Å². The molecule has 1 aliphatic heterocycles. The molecular weight excluding hydrogens is 360 g/mol. The molecular formula is C19H17F2NO3S. The topological polar surface area (TPSA) is 57.6 Å². The molecule has 1 atom stereocenters. The van der Waals surface area contributed by atoms with Gasteiger partial charge in [-0.25, -0.2) is 8.78 Å². The molecule has 0 bridgehead atoms. The maximum absolute atomic E-state index is 14.4. The van der Waals surface area contributed by atoms with Gasteiger partial charge in [-0.05, 0) is 23.6 Å². The van der Waals surface area contributed by atoms with E-state index in [9.17, 15) is 23.5 Å². The van der Waals surface area contributed by atoms with E-state index >= 15 is 0 Å². The number of nitrogens with zero attached hydrogens (tertiary/aromatic N) is 1. The predicted molar refractivity (Wildman–Crippen MR) is 95.0 cm³/mol. The molecule has 1 aromatic carbocycles. The van der Waals surface area contributed by atoms with Crippen molar-refractivity contribution in [3.05, 3.63) is 63.6 Å². The van der Waals surface area contributed by atoms with E-state index < -0.39 is 40.5 Å². The number of carbonyl (C=O) groups is 2. The van der Waals surface area contributed by atoms with Crippen LogP contribution < -0.4 is 4.90 Å². The average Bonchev–Trinajstić information content (AvgIpc) is 3.15. The SMILES string of the molecule is CC(C)(C)C(=O)C1=C(O)C(=O)N(c2ccc(F)cc2F)C1c1cccs1. The zero-order chi connectivity index (χ0) is 19.2. The van der Waals surface area contributed by atoms with Gasteiger partial charge in [0.05, 0.1) is 11.3 Å². The summed E-state index contributed by atoms with van der Waals surface area (Å²) in [7, 11) is 0. The number of benzene rings is 1. The van der Waals surface area contributed by atoms with E-state index in [4.69, 9.17) is 0 Å². The summed E-state index contributed by atoms with van der Waals surface area (Å²) in [5.41, 5.74) is -1.12. The maximum Gasteiger partial charge on any atom is 0.294 e. The summed E-state index contributed by atoms with van der Waals surface area (Å²) in [6, 6.07) is 5.28. The lowest BCUT2D eigenvalue weighted by molar-refractivity contribution is -0.123. The van der Waals surface area contributed by atoms with Crippen molar-refractivity contribution in [1.29, 1.82) is 0 Å². The molecule has 0 radical (unpaired) electrons. The Balaban J connectivity index is 2.20. The zero-order valence-corrected chi connectivity index (χ0v) is 15.2. The first-order chi connectivity index (χ1) is 12.1. The van der Waals surface area contributed by atoms with Crippen LogP contribution in [0.3, 0.4) is 0 Å². The molecule has 4 nitrogen and oxygen atoms in total. The number of aliphatic hydroxyl groups is 1. The van der Waals surface area contributed by atoms with Gasteiger partial charge in [-0.15, -0.1) is 11.3 Å². The minimum atomic E-state index is -0.964. The van der Waals surface area contributed by atoms with Crippen molar-refractivity contribution in [2.75, 3.05) is 4.90 Å². The molecule has 0 fully saturated rings. The van der Waals surface area contributed by atoms with Crippen LogP contribution in [0.25, 0.3) is 0 Å². The second kappa shape index (κ2) is 6.32. The number of hydrogen-bond donors (Lipinski definition) is 1. The lowest BCUT2D eigenvalue weighted by Gasteiger charge is -2.28. The first-order valence-corrected chi connectivity index (χ1v) is 8.81. The molecule has 1 N–H and O–H groups in total. The Morgan fingerprint density at radius 1 is 1.23 bits per heavy atom. The van der Waals surface area contributed by atoms with Gasteiger partial charge in [-0.3, -0.25) is 14.5 Å². The van der Waals surface area contributed by atoms with Gasteiger partial charge in [0.1, 0.15) is 17.7 Å². The Labute approximate surface area is 153 Å². The molecule has 0 aliphatic carbocycles. The third-order valence-corrected chi connectivity index (χ3v) is 5.04. The normalized spacial score (nSPS) is 18.0. The molecule has 0 saturated heterocycles. The van der Waals surface area contributed by atoms with Crippen LogP contribution in [0.2, 0.25) is 0 Å². The second-order valence-corrected chi connectivity index (χ2v) is 8.01. The highest BCUT2D eigenvalue weighted by atomic mass is 32.1. The van der Waals surface area contributed by atoms with Crippen molar-refractivity contribution >= 4 is 28.7 Å². The lowest BCUT2D eigenvalue weighted by Crippen LogP contribution is -2.33. The van der Waals surface area contributed by atoms with Gasteiger partial charge in [0.2, 0.25) is 0 Å². The van der Waals surface area contributed by atoms with Crippen LogP contribution in [-0.2, 0) is 9.59 Å². The number of carbonyl (C=O) groups excluding carboxylic acids is 2. The van der Waals surface area contributed by atoms with E-state index in [0.29, 0.717) is 10.9 Å². The first-order valence-electron chi connectivity index (χ1n) is 7.93. The van der Waals surface area contributed by atoms with E-state index in [2.05, 4.69) is 0 Å². The smallest absolute Gasteiger partial charge is 0.294 e. The fourth-order valence-electron chi connectivity index (χ4n) is 2.88. The Morgan fingerprint density at radius 2 is 1.92 bits per heavy atom. The molecule has 0 spiro atoms. The van der Waals surface area contributed by atoms with Crippen LogP contribution in [0, 0.1) is 17.0 Å². The van der Waals surface area contributed by atoms with Crippen LogP contribution in [0.15, 0.2) is 47.0 Å². The van der Waals surface area contributed by atoms with Gasteiger partial charge in [-0.1, -0.05) is 26.8 Å². The van der Waals surface area contributed by atoms with Crippen LogP contribution in [0.5, 0.6) is 0 Å². The molecule has 0 saturated carbocycles. The number of ketones is 1. The number of Topliss-reactive ketones (excluding diaryl/α,β-unsaturated/α-hetero) is 1. The maximum atomic E-state index is 14.4. The molecule has 1 aromatic heterocycles. The van der Waals surface area contributed by atoms with Gasteiger partial charge in [-0.2, -0.15) is 0 Å². The molecule has 26 heavy (non-hydrogen) atoms. The number of anilines is 1. The van der Waals surface area contributed by atoms with Crippen molar-refractivity contribution in [2.45, 2.75) is 26.8 Å². The fraction of sp³-hybridized carbons (Fsp3) is 0.263. The van der Waals surface area contributed by atoms with Crippen molar-refractivity contribution < 1.29 is 23.5 Å². The Kier molecular flexibility index (Phi) is 4.44. The number of aliphatic hydroxyl groups excluding tert-OH is 1. The number of amides is 1. The first kappa shape index (κ1) is 18.3. The number of rotatable bonds is 3. The van der Waals surface area contributed by atoms with Crippen LogP contribution in [0.1, 0.15) is 31.7 Å². The Hall–Kier alpha value is -2.54. The molecule has 2 aromatic rings. The lowest BCUT2D eigenvalue weighted by atomic mass is 9.83. The Bertz CT molecular complexity index is 913. The summed E-state index contributed by atoms with van der Waals surface area (Å²) >= 11 is 1.28. The summed E-state index contributed by atoms with van der Waals surface area (Å²) in [6.07, 6.45) is 0. The van der Waals surface area contributed by atoms with Crippen molar-refractivity contribution in [3.63, 3.8) is 0 Å². The standard InChI is InChI=1S/C19H17F2NO3S/c1-19(2,3)17(24)14-15(13-5-4-8-26-13)22(18(25)16(14)23)12-7-6-10(20)9-11(12)21/h4-9,15,23H,1-3H3. The molecule has 7 heteroatoms. The van der Waals surface area contributed by atoms with Gasteiger partial charge in [0.25, 0.3) is 5.91 Å². The Morgan fingerprint density at radius 3 is 2.46 bits per heavy atom. The van der Waals surface area contributed by atoms with Crippen molar-refractivity contribution in [2.24, 2.45) is 5.41 Å². The largest absolute Gasteiger partial charge is 0.503 e. The van der Waals surface area contributed by atoms with E-state index in [1.165, 1.54) is 11.3 Å². The second-order valence-electron chi connectivity index (χ2n) is 7.03. The predicted octanol–water partition coefficient (Wildman–Crippen LogP) is 4.54. The molecule has 136 valence electrons. The van der Waals surface area contributed by atoms with Gasteiger partial charge in [0, 0.05) is 16.4 Å². The van der Waals surface area contributed by atoms with Crippen molar-refractivity contribution in [1.82, 2.24) is 0 Å². The average molecular weight is 377 g/mol. The van der Waals surface area contributed by atoms with Crippen LogP contribution in [0.4, 0.5) is 14.5 Å². The summed E-state index contributed by atoms with van der Waals surface area (Å²) in [5.74, 6) is -3.73. The van der Waals surface area contributed by atoms with Gasteiger partial charge in [0.15, 0.2) is 11.5 Å². The third-order valence-electron chi connectivity index (χ3n) is 4.12. The summed E-state index contributed by atoms with van der Waals surface area (Å²) < 4.78 is 27.6. The summed E-state index contributed by atoms with van der Waals surface area (Å²) in [4.78, 5) is 27.2. The van der Waals surface area contributed by atoms with E-state index in [1.54, 1.807) is 38.3 Å². The molecule has 3 rings (SSSR count).